The summed E-state index contributed by atoms with van der Waals surface area (Å²) >= 11 is 13.2. The lowest BCUT2D eigenvalue weighted by Crippen LogP contribution is -2.32. The smallest absolute Gasteiger partial charge is 0.338 e. The van der Waals surface area contributed by atoms with Crippen LogP contribution in [0.15, 0.2) is 47.6 Å². The Morgan fingerprint density at radius 3 is 2.51 bits per heavy atom. The van der Waals surface area contributed by atoms with E-state index in [-0.39, 0.29) is 34.6 Å². The summed E-state index contributed by atoms with van der Waals surface area (Å²) in [5.74, 6) is -0.649. The first-order valence-corrected chi connectivity index (χ1v) is 13.2. The molecule has 0 radical (unpaired) electrons. The van der Waals surface area contributed by atoms with Crippen molar-refractivity contribution < 1.29 is 19.1 Å². The Bertz CT molecular complexity index is 1280. The molecule has 1 heterocycles. The number of thioether (sulfide) groups is 1. The fraction of sp³-hybridized carbons (Fsp3) is 0.320. The highest BCUT2D eigenvalue weighted by Crippen LogP contribution is 2.25. The zero-order chi connectivity index (χ0) is 27.1. The Labute approximate surface area is 229 Å². The van der Waals surface area contributed by atoms with E-state index in [1.807, 2.05) is 13.8 Å². The second-order valence-corrected chi connectivity index (χ2v) is 10.5. The lowest BCUT2D eigenvalue weighted by Gasteiger charge is -2.20. The minimum Gasteiger partial charge on any atom is -0.459 e. The van der Waals surface area contributed by atoms with Crippen molar-refractivity contribution in [3.05, 3.63) is 69.5 Å². The minimum absolute atomic E-state index is 0.0150. The summed E-state index contributed by atoms with van der Waals surface area (Å²) in [6, 6.07) is 10.7. The van der Waals surface area contributed by atoms with Crippen molar-refractivity contribution in [1.82, 2.24) is 20.5 Å². The van der Waals surface area contributed by atoms with Gasteiger partial charge in [0.2, 0.25) is 11.1 Å². The van der Waals surface area contributed by atoms with Gasteiger partial charge in [0.1, 0.15) is 5.82 Å². The molecule has 1 aromatic heterocycles. The molecule has 0 spiro atoms. The highest BCUT2D eigenvalue weighted by Gasteiger charge is 2.24. The van der Waals surface area contributed by atoms with E-state index in [0.717, 1.165) is 11.8 Å². The van der Waals surface area contributed by atoms with Gasteiger partial charge in [-0.15, -0.1) is 5.10 Å². The summed E-state index contributed by atoms with van der Waals surface area (Å²) in [5, 5.41) is 13.7. The van der Waals surface area contributed by atoms with Crippen LogP contribution < -0.4 is 10.6 Å². The first kappa shape index (κ1) is 28.5. The fourth-order valence-corrected chi connectivity index (χ4v) is 4.34. The summed E-state index contributed by atoms with van der Waals surface area (Å²) in [6.45, 7) is 7.40. The van der Waals surface area contributed by atoms with Gasteiger partial charge in [-0.3, -0.25) is 14.7 Å². The quantitative estimate of drug-likeness (QED) is 0.218. The van der Waals surface area contributed by atoms with Crippen LogP contribution in [0.4, 0.5) is 5.69 Å². The molecule has 0 bridgehead atoms. The molecule has 2 amide bonds. The number of anilines is 1. The summed E-state index contributed by atoms with van der Waals surface area (Å²) < 4.78 is 5.19. The standard InChI is InChI=1S/C25H27Cl2N5O4S/c1-13(2)21(29-23(34)18-9-8-16(26)11-19(18)27)22-30-25(32-31-22)37-12-20(33)28-17-7-5-6-15(10-17)24(35)36-14(3)4/h5-11,13-14,21H,12H2,1-4H3,(H,28,33)(H,29,34)(H,30,31,32)/t21-/m1/s1. The maximum Gasteiger partial charge on any atom is 0.338 e. The summed E-state index contributed by atoms with van der Waals surface area (Å²) in [6.07, 6.45) is -0.243. The normalized spacial score (nSPS) is 11.9. The molecule has 3 aromatic rings. The number of nitrogens with zero attached hydrogens (tertiary/aromatic N) is 2. The van der Waals surface area contributed by atoms with Crippen LogP contribution in [-0.4, -0.2) is 44.8 Å². The first-order valence-electron chi connectivity index (χ1n) is 11.5. The van der Waals surface area contributed by atoms with Crippen LogP contribution in [0.5, 0.6) is 0 Å². The zero-order valence-corrected chi connectivity index (χ0v) is 23.0. The number of amides is 2. The third kappa shape index (κ3) is 8.21. The third-order valence-electron chi connectivity index (χ3n) is 4.96. The van der Waals surface area contributed by atoms with Crippen LogP contribution in [0.25, 0.3) is 0 Å². The average molecular weight is 564 g/mol. The van der Waals surface area contributed by atoms with Gasteiger partial charge < -0.3 is 15.4 Å². The molecule has 37 heavy (non-hydrogen) atoms. The second-order valence-electron chi connectivity index (χ2n) is 8.69. The Morgan fingerprint density at radius 2 is 1.84 bits per heavy atom. The largest absolute Gasteiger partial charge is 0.459 e. The molecule has 9 nitrogen and oxygen atoms in total. The molecule has 0 aliphatic heterocycles. The molecule has 0 aliphatic rings. The number of esters is 1. The Kier molecular flexibility index (Phi) is 9.96. The summed E-state index contributed by atoms with van der Waals surface area (Å²) in [5.41, 5.74) is 1.12. The number of hydrogen-bond donors (Lipinski definition) is 3. The van der Waals surface area contributed by atoms with Crippen LogP contribution in [-0.2, 0) is 9.53 Å². The number of nitrogens with one attached hydrogen (secondary N) is 3. The maximum absolute atomic E-state index is 12.8. The summed E-state index contributed by atoms with van der Waals surface area (Å²) in [7, 11) is 0. The molecule has 196 valence electrons. The van der Waals surface area contributed by atoms with E-state index in [2.05, 4.69) is 25.8 Å². The number of ether oxygens (including phenoxy) is 1. The molecule has 12 heteroatoms. The monoisotopic (exact) mass is 563 g/mol. The van der Waals surface area contributed by atoms with Crippen LogP contribution in [0.2, 0.25) is 10.0 Å². The van der Waals surface area contributed by atoms with Crippen LogP contribution in [0, 0.1) is 5.92 Å². The highest BCUT2D eigenvalue weighted by molar-refractivity contribution is 7.99. The first-order chi connectivity index (χ1) is 17.5. The van der Waals surface area contributed by atoms with Crippen LogP contribution >= 0.6 is 35.0 Å². The van der Waals surface area contributed by atoms with Crippen molar-refractivity contribution in [1.29, 1.82) is 0 Å². The number of aromatic nitrogens is 3. The maximum atomic E-state index is 12.8. The van der Waals surface area contributed by atoms with E-state index >= 15 is 0 Å². The van der Waals surface area contributed by atoms with Crippen molar-refractivity contribution in [3.63, 3.8) is 0 Å². The number of H-pyrrole nitrogens is 1. The number of benzene rings is 2. The van der Waals surface area contributed by atoms with E-state index < -0.39 is 12.0 Å². The predicted octanol–water partition coefficient (Wildman–Crippen LogP) is 5.53. The fourth-order valence-electron chi connectivity index (χ4n) is 3.24. The van der Waals surface area contributed by atoms with E-state index in [1.54, 1.807) is 50.2 Å². The molecule has 2 aromatic carbocycles. The molecule has 3 N–H and O–H groups in total. The number of rotatable bonds is 10. The predicted molar refractivity (Wildman–Crippen MR) is 144 cm³/mol. The number of halogens is 2. The minimum atomic E-state index is -0.469. The lowest BCUT2D eigenvalue weighted by molar-refractivity contribution is -0.113. The molecule has 0 unspecified atom stereocenters. The van der Waals surface area contributed by atoms with Gasteiger partial charge >= 0.3 is 5.97 Å². The Hall–Kier alpha value is -3.08. The van der Waals surface area contributed by atoms with Crippen molar-refractivity contribution in [2.75, 3.05) is 11.1 Å². The van der Waals surface area contributed by atoms with Gasteiger partial charge in [-0.05, 0) is 56.2 Å². The summed E-state index contributed by atoms with van der Waals surface area (Å²) in [4.78, 5) is 41.8. The van der Waals surface area contributed by atoms with E-state index in [0.29, 0.717) is 32.8 Å². The van der Waals surface area contributed by atoms with Gasteiger partial charge in [0.25, 0.3) is 5.91 Å². The molecule has 0 saturated heterocycles. The molecule has 0 saturated carbocycles. The molecule has 0 fully saturated rings. The van der Waals surface area contributed by atoms with E-state index in [4.69, 9.17) is 27.9 Å². The van der Waals surface area contributed by atoms with Crippen LogP contribution in [0.3, 0.4) is 0 Å². The van der Waals surface area contributed by atoms with Gasteiger partial charge in [0.15, 0.2) is 0 Å². The van der Waals surface area contributed by atoms with E-state index in [9.17, 15) is 14.4 Å². The molecular formula is C25H27Cl2N5O4S. The van der Waals surface area contributed by atoms with Crippen molar-refractivity contribution in [3.8, 4) is 0 Å². The Balaban J connectivity index is 1.59. The second kappa shape index (κ2) is 12.9. The molecule has 3 rings (SSSR count). The van der Waals surface area contributed by atoms with Crippen molar-refractivity contribution >= 4 is 58.4 Å². The van der Waals surface area contributed by atoms with Gasteiger partial charge in [-0.1, -0.05) is 54.9 Å². The van der Waals surface area contributed by atoms with Gasteiger partial charge in [0.05, 0.1) is 34.0 Å². The average Bonchev–Trinajstić information content (AvgIpc) is 3.29. The molecule has 1 atom stereocenters. The Morgan fingerprint density at radius 1 is 1.08 bits per heavy atom. The molecule has 0 aliphatic carbocycles. The van der Waals surface area contributed by atoms with Crippen molar-refractivity contribution in [2.45, 2.75) is 45.0 Å². The van der Waals surface area contributed by atoms with Crippen molar-refractivity contribution in [2.24, 2.45) is 5.92 Å². The van der Waals surface area contributed by atoms with Gasteiger partial charge in [-0.2, -0.15) is 0 Å². The molecular weight excluding hydrogens is 537 g/mol. The highest BCUT2D eigenvalue weighted by atomic mass is 35.5. The SMILES string of the molecule is CC(C)OC(=O)c1cccc(NC(=O)CSc2n[nH]c([C@H](NC(=O)c3ccc(Cl)cc3Cl)C(C)C)n2)c1. The van der Waals surface area contributed by atoms with E-state index in [1.165, 1.54) is 6.07 Å². The number of carbonyl (C=O) groups is 3. The van der Waals surface area contributed by atoms with Crippen LogP contribution in [0.1, 0.15) is 60.3 Å². The van der Waals surface area contributed by atoms with Gasteiger partial charge in [0, 0.05) is 10.7 Å². The topological polar surface area (TPSA) is 126 Å². The number of aromatic amines is 1. The zero-order valence-electron chi connectivity index (χ0n) is 20.7. The third-order valence-corrected chi connectivity index (χ3v) is 6.36. The lowest BCUT2D eigenvalue weighted by atomic mass is 10.0. The number of carbonyl (C=O) groups excluding carboxylic acids is 3. The van der Waals surface area contributed by atoms with Gasteiger partial charge in [-0.25, -0.2) is 9.78 Å². The number of hydrogen-bond acceptors (Lipinski definition) is 7.